The predicted molar refractivity (Wildman–Crippen MR) is 105 cm³/mol. The number of carbonyl (C=O) groups is 3. The summed E-state index contributed by atoms with van der Waals surface area (Å²) < 4.78 is 14.0. The normalized spacial score (nSPS) is 23.7. The van der Waals surface area contributed by atoms with Crippen LogP contribution in [0.4, 0.5) is 0 Å². The van der Waals surface area contributed by atoms with Crippen LogP contribution in [0, 0.1) is 5.41 Å². The summed E-state index contributed by atoms with van der Waals surface area (Å²) in [5.74, 6) is -1.53. The van der Waals surface area contributed by atoms with Gasteiger partial charge >= 0.3 is 11.9 Å². The summed E-state index contributed by atoms with van der Waals surface area (Å²) >= 11 is 6.77. The highest BCUT2D eigenvalue weighted by Gasteiger charge is 2.62. The summed E-state index contributed by atoms with van der Waals surface area (Å²) in [6, 6.07) is 1.86. The first kappa shape index (κ1) is 25.2. The molecule has 1 aromatic heterocycles. The minimum Gasteiger partial charge on any atom is -1.00 e. The summed E-state index contributed by atoms with van der Waals surface area (Å²) in [5, 5.41) is 0. The Morgan fingerprint density at radius 1 is 1.25 bits per heavy atom. The second kappa shape index (κ2) is 10.3. The smallest absolute Gasteiger partial charge is 0.324 e. The van der Waals surface area contributed by atoms with Gasteiger partial charge in [-0.25, -0.2) is 0 Å². The van der Waals surface area contributed by atoms with Crippen LogP contribution in [0.5, 0.6) is 0 Å². The molecule has 0 saturated carbocycles. The zero-order valence-corrected chi connectivity index (χ0v) is 20.9. The average Bonchev–Trinajstić information content (AvgIpc) is 2.85. The van der Waals surface area contributed by atoms with Gasteiger partial charge in [0.2, 0.25) is 12.3 Å². The molecule has 2 heterocycles. The number of hydrogen-bond acceptors (Lipinski definition) is 5. The van der Waals surface area contributed by atoms with E-state index in [0.29, 0.717) is 12.8 Å². The number of cyclic esters (lactones) is 1. The van der Waals surface area contributed by atoms with Crippen molar-refractivity contribution < 1.29 is 45.4 Å². The number of halogens is 3. The van der Waals surface area contributed by atoms with Gasteiger partial charge in [-0.15, -0.1) is 0 Å². The summed E-state index contributed by atoms with van der Waals surface area (Å²) in [6.07, 6.45) is 5.34. The SMILES string of the molecule is CCCCC1(C(=O)OCC)CC(C)(C(=O)C[n+]2cc(Br)cc(Br)c2)OC1=O.[Br-]. The highest BCUT2D eigenvalue weighted by molar-refractivity contribution is 9.11. The molecule has 28 heavy (non-hydrogen) atoms. The molecule has 0 amide bonds. The number of Topliss-reactive ketones (excluding diaryl/α,β-unsaturated/α-hetero) is 1. The van der Waals surface area contributed by atoms with Crippen molar-refractivity contribution >= 4 is 49.6 Å². The maximum Gasteiger partial charge on any atom is 0.324 e. The number of carbonyl (C=O) groups excluding carboxylic acids is 3. The lowest BCUT2D eigenvalue weighted by Crippen LogP contribution is -3.00. The summed E-state index contributed by atoms with van der Waals surface area (Å²) in [6.45, 7) is 5.44. The average molecular weight is 586 g/mol. The van der Waals surface area contributed by atoms with Crippen LogP contribution in [0.3, 0.4) is 0 Å². The van der Waals surface area contributed by atoms with Crippen molar-refractivity contribution in [3.8, 4) is 0 Å². The number of hydrogen-bond donors (Lipinski definition) is 0. The van der Waals surface area contributed by atoms with Crippen molar-refractivity contribution in [1.29, 1.82) is 0 Å². The number of aromatic nitrogens is 1. The van der Waals surface area contributed by atoms with E-state index in [2.05, 4.69) is 31.9 Å². The minimum atomic E-state index is -1.40. The Hall–Kier alpha value is -0.800. The first-order valence-electron chi connectivity index (χ1n) is 8.96. The molecule has 156 valence electrons. The number of ether oxygens (including phenoxy) is 2. The van der Waals surface area contributed by atoms with Crippen LogP contribution >= 0.6 is 31.9 Å². The number of ketones is 1. The topological polar surface area (TPSA) is 73.6 Å². The number of rotatable bonds is 8. The Morgan fingerprint density at radius 3 is 2.39 bits per heavy atom. The highest BCUT2D eigenvalue weighted by Crippen LogP contribution is 2.45. The lowest BCUT2D eigenvalue weighted by molar-refractivity contribution is -0.685. The number of nitrogens with zero attached hydrogens (tertiary/aromatic N) is 1. The van der Waals surface area contributed by atoms with Crippen LogP contribution in [0.2, 0.25) is 0 Å². The largest absolute Gasteiger partial charge is 1.00 e. The standard InChI is InChI=1S/C19H24Br2NO5.BrH/c1-4-6-7-19(16(24)26-5-2)12-18(3,27-17(19)25)15(23)11-22-9-13(20)8-14(21)10-22;/h8-10H,4-7,11-12H2,1-3H3;1H/q+1;/p-1. The van der Waals surface area contributed by atoms with Gasteiger partial charge in [0.05, 0.1) is 15.6 Å². The second-order valence-corrected chi connectivity index (χ2v) is 8.80. The Morgan fingerprint density at radius 2 is 1.86 bits per heavy atom. The zero-order chi connectivity index (χ0) is 20.2. The van der Waals surface area contributed by atoms with E-state index in [9.17, 15) is 14.4 Å². The first-order valence-corrected chi connectivity index (χ1v) is 10.5. The van der Waals surface area contributed by atoms with E-state index in [1.54, 1.807) is 30.8 Å². The molecule has 2 rings (SSSR count). The van der Waals surface area contributed by atoms with Crippen LogP contribution in [-0.4, -0.2) is 29.9 Å². The molecular weight excluding hydrogens is 562 g/mol. The molecule has 1 aromatic rings. The van der Waals surface area contributed by atoms with E-state index < -0.39 is 23.0 Å². The number of esters is 2. The molecule has 6 nitrogen and oxygen atoms in total. The van der Waals surface area contributed by atoms with Crippen molar-refractivity contribution in [2.45, 2.75) is 58.6 Å². The van der Waals surface area contributed by atoms with Crippen molar-refractivity contribution in [3.05, 3.63) is 27.4 Å². The van der Waals surface area contributed by atoms with Gasteiger partial charge in [-0.3, -0.25) is 14.4 Å². The van der Waals surface area contributed by atoms with Crippen molar-refractivity contribution in [2.75, 3.05) is 6.61 Å². The molecule has 1 aliphatic heterocycles. The second-order valence-electron chi connectivity index (χ2n) is 6.97. The van der Waals surface area contributed by atoms with Gasteiger partial charge in [0, 0.05) is 6.42 Å². The fourth-order valence-electron chi connectivity index (χ4n) is 3.32. The Kier molecular flexibility index (Phi) is 9.28. The van der Waals surface area contributed by atoms with Crippen molar-refractivity contribution in [3.63, 3.8) is 0 Å². The van der Waals surface area contributed by atoms with E-state index in [0.717, 1.165) is 15.4 Å². The van der Waals surface area contributed by atoms with Gasteiger partial charge in [-0.05, 0) is 58.2 Å². The quantitative estimate of drug-likeness (QED) is 0.253. The number of pyridine rings is 1. The Balaban J connectivity index is 0.00000392. The highest BCUT2D eigenvalue weighted by atomic mass is 79.9. The summed E-state index contributed by atoms with van der Waals surface area (Å²) in [7, 11) is 0. The molecule has 1 aliphatic rings. The molecule has 0 N–H and O–H groups in total. The lowest BCUT2D eigenvalue weighted by atomic mass is 9.76. The van der Waals surface area contributed by atoms with E-state index in [-0.39, 0.29) is 42.3 Å². The first-order chi connectivity index (χ1) is 12.7. The molecule has 0 spiro atoms. The number of unbranched alkanes of at least 4 members (excludes halogenated alkanes) is 1. The molecular formula is C19H24Br3NO5. The summed E-state index contributed by atoms with van der Waals surface area (Å²) in [4.78, 5) is 38.3. The van der Waals surface area contributed by atoms with E-state index in [1.165, 1.54) is 0 Å². The van der Waals surface area contributed by atoms with Crippen LogP contribution in [-0.2, 0) is 30.4 Å². The van der Waals surface area contributed by atoms with E-state index >= 15 is 0 Å². The third-order valence-corrected chi connectivity index (χ3v) is 5.61. The monoisotopic (exact) mass is 583 g/mol. The van der Waals surface area contributed by atoms with Gasteiger partial charge in [-0.2, -0.15) is 4.57 Å². The van der Waals surface area contributed by atoms with Crippen LogP contribution in [0.15, 0.2) is 27.4 Å². The Labute approximate surface area is 192 Å². The molecule has 2 atom stereocenters. The predicted octanol–water partition coefficient (Wildman–Crippen LogP) is 0.518. The fourth-order valence-corrected chi connectivity index (χ4v) is 4.65. The summed E-state index contributed by atoms with van der Waals surface area (Å²) in [5.41, 5.74) is -2.77. The molecule has 9 heteroatoms. The maximum atomic E-state index is 13.0. The molecule has 2 unspecified atom stereocenters. The van der Waals surface area contributed by atoms with Gasteiger partial charge in [0.25, 0.3) is 0 Å². The van der Waals surface area contributed by atoms with Crippen LogP contribution in [0.25, 0.3) is 0 Å². The fraction of sp³-hybridized carbons (Fsp3) is 0.579. The van der Waals surface area contributed by atoms with Crippen molar-refractivity contribution in [2.24, 2.45) is 5.41 Å². The van der Waals surface area contributed by atoms with Crippen molar-refractivity contribution in [1.82, 2.24) is 0 Å². The zero-order valence-electron chi connectivity index (χ0n) is 16.1. The third kappa shape index (κ3) is 5.42. The minimum absolute atomic E-state index is 0. The lowest BCUT2D eigenvalue weighted by Gasteiger charge is -2.23. The van der Waals surface area contributed by atoms with Crippen LogP contribution in [0.1, 0.15) is 46.5 Å². The molecule has 0 bridgehead atoms. The molecule has 0 aromatic carbocycles. The van der Waals surface area contributed by atoms with Gasteiger partial charge in [0.15, 0.2) is 23.4 Å². The third-order valence-electron chi connectivity index (χ3n) is 4.74. The molecule has 0 radical (unpaired) electrons. The Bertz CT molecular complexity index is 737. The van der Waals surface area contributed by atoms with Gasteiger partial charge in [0.1, 0.15) is 0 Å². The van der Waals surface area contributed by atoms with Gasteiger partial charge in [-0.1, -0.05) is 19.8 Å². The molecule has 1 saturated heterocycles. The molecule has 0 aliphatic carbocycles. The maximum absolute atomic E-state index is 13.0. The van der Waals surface area contributed by atoms with E-state index in [1.807, 2.05) is 13.0 Å². The van der Waals surface area contributed by atoms with Gasteiger partial charge < -0.3 is 26.5 Å². The van der Waals surface area contributed by atoms with Crippen LogP contribution < -0.4 is 21.5 Å². The van der Waals surface area contributed by atoms with E-state index in [4.69, 9.17) is 9.47 Å². The molecule has 1 fully saturated rings.